The van der Waals surface area contributed by atoms with E-state index in [1.807, 2.05) is 31.2 Å². The van der Waals surface area contributed by atoms with Crippen molar-refractivity contribution in [1.29, 1.82) is 0 Å². The third-order valence-electron chi connectivity index (χ3n) is 3.08. The van der Waals surface area contributed by atoms with Crippen molar-refractivity contribution in [2.45, 2.75) is 13.0 Å². The van der Waals surface area contributed by atoms with Gasteiger partial charge in [-0.25, -0.2) is 15.0 Å². The average Bonchev–Trinajstić information content (AvgIpc) is 2.99. The highest BCUT2D eigenvalue weighted by Crippen LogP contribution is 2.13. The summed E-state index contributed by atoms with van der Waals surface area (Å²) >= 11 is 11.0. The van der Waals surface area contributed by atoms with E-state index in [2.05, 4.69) is 30.8 Å². The second kappa shape index (κ2) is 6.80. The Balaban J connectivity index is 1.60. The summed E-state index contributed by atoms with van der Waals surface area (Å²) in [6.45, 7) is 1.81. The maximum absolute atomic E-state index is 5.84. The monoisotopic (exact) mass is 344 g/mol. The van der Waals surface area contributed by atoms with E-state index < -0.39 is 0 Å². The molecule has 0 radical (unpaired) electrons. The molecule has 0 saturated heterocycles. The molecule has 0 fully saturated rings. The predicted octanol–water partition coefficient (Wildman–Crippen LogP) is 2.82. The van der Waals surface area contributed by atoms with Gasteiger partial charge >= 0.3 is 0 Å². The molecule has 8 heteroatoms. The fourth-order valence-corrected chi connectivity index (χ4v) is 2.24. The number of hydrogen-bond acceptors (Lipinski definition) is 5. The summed E-state index contributed by atoms with van der Waals surface area (Å²) in [4.78, 5) is 13.0. The van der Waals surface area contributed by atoms with Gasteiger partial charge in [-0.05, 0) is 49.5 Å². The smallest absolute Gasteiger partial charge is 0.191 e. The van der Waals surface area contributed by atoms with Crippen molar-refractivity contribution in [3.8, 4) is 0 Å². The van der Waals surface area contributed by atoms with E-state index in [4.69, 9.17) is 23.8 Å². The molecule has 1 atom stereocenters. The first-order chi connectivity index (χ1) is 11.1. The van der Waals surface area contributed by atoms with Gasteiger partial charge in [0.1, 0.15) is 11.8 Å². The Hall–Kier alpha value is -2.38. The van der Waals surface area contributed by atoms with Crippen LogP contribution in [0, 0.1) is 0 Å². The molecule has 23 heavy (non-hydrogen) atoms. The van der Waals surface area contributed by atoms with Gasteiger partial charge in [0.2, 0.25) is 0 Å². The number of hydrogen-bond donors (Lipinski definition) is 2. The lowest BCUT2D eigenvalue weighted by Gasteiger charge is -2.07. The Bertz CT molecular complexity index is 776. The number of nitrogens with zero attached hydrogens (tertiary/aromatic N) is 4. The number of rotatable bonds is 3. The van der Waals surface area contributed by atoms with Gasteiger partial charge in [0.15, 0.2) is 16.8 Å². The number of allylic oxidation sites excluding steroid dienone is 1. The lowest BCUT2D eigenvalue weighted by molar-refractivity contribution is 1.04. The number of amidine groups is 2. The first-order valence-electron chi connectivity index (χ1n) is 6.86. The van der Waals surface area contributed by atoms with Crippen LogP contribution in [0.5, 0.6) is 0 Å². The van der Waals surface area contributed by atoms with Crippen LogP contribution in [0.3, 0.4) is 0 Å². The minimum absolute atomic E-state index is 0.112. The predicted molar refractivity (Wildman–Crippen MR) is 100 cm³/mol. The Kier molecular flexibility index (Phi) is 4.59. The lowest BCUT2D eigenvalue weighted by atomic mass is 10.2. The number of nitrogens with one attached hydrogen (secondary N) is 2. The molecule has 1 aromatic rings. The second-order valence-corrected chi connectivity index (χ2v) is 5.65. The number of dihydropyridines is 1. The van der Waals surface area contributed by atoms with E-state index in [1.54, 1.807) is 18.3 Å². The summed E-state index contributed by atoms with van der Waals surface area (Å²) in [5.41, 5.74) is 4.23. The number of hydrazone groups is 1. The zero-order chi connectivity index (χ0) is 16.2. The number of halogens is 1. The molecule has 0 spiro atoms. The minimum Gasteiger partial charge on any atom is -0.331 e. The molecule has 2 N–H and O–H groups in total. The van der Waals surface area contributed by atoms with E-state index in [0.717, 1.165) is 5.69 Å². The average molecular weight is 345 g/mol. The molecule has 2 heterocycles. The highest BCUT2D eigenvalue weighted by molar-refractivity contribution is 7.80. The topological polar surface area (TPSA) is 73.5 Å². The highest BCUT2D eigenvalue weighted by Gasteiger charge is 2.22. The first kappa shape index (κ1) is 15.5. The van der Waals surface area contributed by atoms with Gasteiger partial charge in [0.05, 0.1) is 0 Å². The zero-order valence-corrected chi connectivity index (χ0v) is 13.8. The van der Waals surface area contributed by atoms with E-state index in [-0.39, 0.29) is 6.04 Å². The number of fused-ring (bicyclic) bond motifs is 1. The highest BCUT2D eigenvalue weighted by atomic mass is 35.5. The molecule has 2 aliphatic rings. The molecule has 6 nitrogen and oxygen atoms in total. The van der Waals surface area contributed by atoms with Crippen LogP contribution in [0.15, 0.2) is 56.5 Å². The number of aliphatic imine (C=N–C) groups is 3. The Morgan fingerprint density at radius 3 is 2.83 bits per heavy atom. The molecule has 1 unspecified atom stereocenters. The summed E-state index contributed by atoms with van der Waals surface area (Å²) in [7, 11) is 0. The van der Waals surface area contributed by atoms with Crippen molar-refractivity contribution in [1.82, 2.24) is 5.43 Å². The van der Waals surface area contributed by atoms with Crippen LogP contribution in [0.4, 0.5) is 5.69 Å². The molecular weight excluding hydrogens is 332 g/mol. The molecule has 116 valence electrons. The van der Waals surface area contributed by atoms with Gasteiger partial charge in [-0.1, -0.05) is 17.7 Å². The molecule has 0 bridgehead atoms. The Morgan fingerprint density at radius 1 is 1.30 bits per heavy atom. The molecule has 1 aromatic carbocycles. The fourth-order valence-electron chi connectivity index (χ4n) is 1.95. The van der Waals surface area contributed by atoms with Gasteiger partial charge in [0, 0.05) is 16.9 Å². The maximum Gasteiger partial charge on any atom is 0.191 e. The van der Waals surface area contributed by atoms with Crippen molar-refractivity contribution >= 4 is 58.2 Å². The van der Waals surface area contributed by atoms with E-state index in [0.29, 0.717) is 27.5 Å². The van der Waals surface area contributed by atoms with Crippen molar-refractivity contribution < 1.29 is 0 Å². The number of anilines is 1. The quantitative estimate of drug-likeness (QED) is 0.503. The summed E-state index contributed by atoms with van der Waals surface area (Å²) in [6.07, 6.45) is 5.49. The summed E-state index contributed by atoms with van der Waals surface area (Å²) in [5.74, 6) is 1.23. The van der Waals surface area contributed by atoms with Gasteiger partial charge in [-0.3, -0.25) is 5.43 Å². The minimum atomic E-state index is -0.112. The third kappa shape index (κ3) is 3.88. The van der Waals surface area contributed by atoms with Gasteiger partial charge in [-0.15, -0.1) is 0 Å². The van der Waals surface area contributed by atoms with Crippen LogP contribution >= 0.6 is 23.8 Å². The van der Waals surface area contributed by atoms with Crippen molar-refractivity contribution in [2.24, 2.45) is 20.1 Å². The molecular formula is C15H13ClN6S. The summed E-state index contributed by atoms with van der Waals surface area (Å²) in [6, 6.07) is 7.10. The van der Waals surface area contributed by atoms with Gasteiger partial charge in [-0.2, -0.15) is 5.10 Å². The van der Waals surface area contributed by atoms with Crippen LogP contribution < -0.4 is 10.7 Å². The Labute approximate surface area is 143 Å². The SMILES string of the molecule is C/C(=N\NC(=S)Nc1ccc(Cl)cc1)C1=NC2C=CC=NC2=N1. The number of thiocarbonyl (C=S) groups is 1. The zero-order valence-electron chi connectivity index (χ0n) is 12.2. The van der Waals surface area contributed by atoms with Gasteiger partial charge < -0.3 is 5.32 Å². The Morgan fingerprint density at radius 2 is 2.09 bits per heavy atom. The molecule has 0 amide bonds. The second-order valence-electron chi connectivity index (χ2n) is 4.80. The van der Waals surface area contributed by atoms with Crippen LogP contribution in [0.1, 0.15) is 6.92 Å². The molecule has 0 aromatic heterocycles. The van der Waals surface area contributed by atoms with Crippen molar-refractivity contribution in [3.05, 3.63) is 41.4 Å². The standard InChI is InChI=1S/C15H13ClN6S/c1-9(13-19-12-3-2-8-17-14(12)20-13)21-22-15(23)18-11-6-4-10(16)5-7-11/h2-8,12H,1H3,(H2,18,22,23)/b21-9+. The van der Waals surface area contributed by atoms with Crippen molar-refractivity contribution in [2.75, 3.05) is 5.32 Å². The molecule has 0 aliphatic carbocycles. The summed E-state index contributed by atoms with van der Waals surface area (Å²) in [5, 5.41) is 8.25. The van der Waals surface area contributed by atoms with E-state index >= 15 is 0 Å². The normalized spacial score (nSPS) is 19.0. The largest absolute Gasteiger partial charge is 0.331 e. The van der Waals surface area contributed by atoms with E-state index in [9.17, 15) is 0 Å². The molecule has 3 rings (SSSR count). The third-order valence-corrected chi connectivity index (χ3v) is 3.53. The maximum atomic E-state index is 5.84. The fraction of sp³-hybridized carbons (Fsp3) is 0.133. The number of benzene rings is 1. The van der Waals surface area contributed by atoms with E-state index in [1.165, 1.54) is 0 Å². The van der Waals surface area contributed by atoms with Crippen LogP contribution in [0.2, 0.25) is 5.02 Å². The van der Waals surface area contributed by atoms with Crippen molar-refractivity contribution in [3.63, 3.8) is 0 Å². The van der Waals surface area contributed by atoms with Crippen LogP contribution in [-0.4, -0.2) is 34.8 Å². The van der Waals surface area contributed by atoms with Gasteiger partial charge in [0.25, 0.3) is 0 Å². The molecule has 0 saturated carbocycles. The van der Waals surface area contributed by atoms with Crippen LogP contribution in [-0.2, 0) is 0 Å². The first-order valence-corrected chi connectivity index (χ1v) is 7.65. The molecule has 2 aliphatic heterocycles. The summed E-state index contributed by atoms with van der Waals surface area (Å²) < 4.78 is 0. The lowest BCUT2D eigenvalue weighted by Crippen LogP contribution is -2.26. The van der Waals surface area contributed by atoms with Crippen LogP contribution in [0.25, 0.3) is 0 Å².